The number of hydrogen-bond acceptors (Lipinski definition) is 7. The third-order valence-corrected chi connectivity index (χ3v) is 7.81. The zero-order valence-electron chi connectivity index (χ0n) is 24.5. The molecule has 2 heterocycles. The van der Waals surface area contributed by atoms with Gasteiger partial charge in [0.2, 0.25) is 0 Å². The van der Waals surface area contributed by atoms with E-state index in [9.17, 15) is 9.59 Å². The Labute approximate surface area is 250 Å². The summed E-state index contributed by atoms with van der Waals surface area (Å²) in [7, 11) is 3.42. The molecule has 4 aromatic rings. The maximum atomic E-state index is 13.5. The lowest BCUT2D eigenvalue weighted by Gasteiger charge is -2.32. The minimum Gasteiger partial charge on any atom is -0.494 e. The molecule has 0 saturated carbocycles. The molecule has 0 aliphatic carbocycles. The first-order valence-corrected chi connectivity index (χ1v) is 14.5. The summed E-state index contributed by atoms with van der Waals surface area (Å²) in [4.78, 5) is 28.2. The third-order valence-electron chi connectivity index (χ3n) is 7.49. The lowest BCUT2D eigenvalue weighted by atomic mass is 9.82. The van der Waals surface area contributed by atoms with Crippen molar-refractivity contribution in [3.8, 4) is 11.5 Å². The number of carbonyl (C=O) groups excluding carboxylic acids is 2. The largest absolute Gasteiger partial charge is 0.494 e. The van der Waals surface area contributed by atoms with Crippen molar-refractivity contribution in [2.75, 3.05) is 20.3 Å². The summed E-state index contributed by atoms with van der Waals surface area (Å²) in [6.07, 6.45) is 0.793. The van der Waals surface area contributed by atoms with Crippen LogP contribution in [0.4, 0.5) is 0 Å². The minimum absolute atomic E-state index is 0.00619. The zero-order chi connectivity index (χ0) is 30.0. The van der Waals surface area contributed by atoms with E-state index in [-0.39, 0.29) is 30.3 Å². The van der Waals surface area contributed by atoms with Crippen molar-refractivity contribution in [1.29, 1.82) is 0 Å². The van der Waals surface area contributed by atoms with Crippen LogP contribution in [0.5, 0.6) is 11.5 Å². The molecule has 1 aliphatic heterocycles. The Balaban J connectivity index is 1.48. The molecule has 1 amide bonds. The Kier molecular flexibility index (Phi) is 8.68. The zero-order valence-corrected chi connectivity index (χ0v) is 25.3. The van der Waals surface area contributed by atoms with Crippen molar-refractivity contribution in [2.45, 2.75) is 52.2 Å². The van der Waals surface area contributed by atoms with Gasteiger partial charge < -0.3 is 19.1 Å². The van der Waals surface area contributed by atoms with Crippen LogP contribution >= 0.6 is 11.6 Å². The molecule has 9 nitrogen and oxygen atoms in total. The fourth-order valence-electron chi connectivity index (χ4n) is 5.65. The van der Waals surface area contributed by atoms with E-state index in [0.29, 0.717) is 53.7 Å². The van der Waals surface area contributed by atoms with Crippen LogP contribution in [-0.4, -0.2) is 58.1 Å². The molecule has 220 valence electrons. The number of fused-ring (bicyclic) bond motifs is 2. The number of rotatable bonds is 9. The number of aromatic nitrogens is 3. The summed E-state index contributed by atoms with van der Waals surface area (Å²) in [6, 6.07) is 15.2. The molecule has 1 aromatic heterocycles. The van der Waals surface area contributed by atoms with Gasteiger partial charge in [0, 0.05) is 26.1 Å². The summed E-state index contributed by atoms with van der Waals surface area (Å²) < 4.78 is 18.5. The number of esters is 1. The molecule has 42 heavy (non-hydrogen) atoms. The fourth-order valence-corrected chi connectivity index (χ4v) is 5.90. The van der Waals surface area contributed by atoms with Gasteiger partial charge in [-0.05, 0) is 79.8 Å². The smallest absolute Gasteiger partial charge is 0.306 e. The molecule has 5 rings (SSSR count). The second kappa shape index (κ2) is 12.4. The number of aryl methyl sites for hydroxylation is 1. The Morgan fingerprint density at radius 3 is 2.64 bits per heavy atom. The van der Waals surface area contributed by atoms with Crippen LogP contribution in [0.1, 0.15) is 65.7 Å². The van der Waals surface area contributed by atoms with Gasteiger partial charge in [0.25, 0.3) is 5.91 Å². The Hall–Kier alpha value is -4.11. The van der Waals surface area contributed by atoms with Gasteiger partial charge in [0.15, 0.2) is 0 Å². The van der Waals surface area contributed by atoms with Crippen molar-refractivity contribution in [1.82, 2.24) is 19.9 Å². The highest BCUT2D eigenvalue weighted by molar-refractivity contribution is 6.34. The molecular weight excluding hydrogens is 556 g/mol. The summed E-state index contributed by atoms with van der Waals surface area (Å²) in [5.74, 6) is 0.541. The van der Waals surface area contributed by atoms with Crippen LogP contribution in [0, 0.1) is 0 Å². The monoisotopic (exact) mass is 590 g/mol. The van der Waals surface area contributed by atoms with Gasteiger partial charge >= 0.3 is 5.97 Å². The quantitative estimate of drug-likeness (QED) is 0.231. The first-order chi connectivity index (χ1) is 20.2. The Bertz CT molecular complexity index is 1630. The van der Waals surface area contributed by atoms with Gasteiger partial charge in [-0.3, -0.25) is 9.59 Å². The highest BCUT2D eigenvalue weighted by Crippen LogP contribution is 2.38. The van der Waals surface area contributed by atoms with Crippen LogP contribution in [0.15, 0.2) is 48.5 Å². The molecule has 0 N–H and O–H groups in total. The minimum atomic E-state index is -0.301. The lowest BCUT2D eigenvalue weighted by molar-refractivity contribution is -0.143. The van der Waals surface area contributed by atoms with E-state index in [1.54, 1.807) is 36.9 Å². The molecule has 3 aromatic carbocycles. The molecule has 0 unspecified atom stereocenters. The number of amides is 1. The number of methoxy groups -OCH3 is 1. The second-order valence-corrected chi connectivity index (χ2v) is 11.0. The number of benzene rings is 3. The number of halogens is 1. The van der Waals surface area contributed by atoms with Crippen LogP contribution in [0.2, 0.25) is 5.02 Å². The van der Waals surface area contributed by atoms with Crippen LogP contribution in [0.25, 0.3) is 11.0 Å². The normalized spacial score (nSPS) is 13.6. The highest BCUT2D eigenvalue weighted by Gasteiger charge is 2.29. The van der Waals surface area contributed by atoms with Gasteiger partial charge in [-0.15, -0.1) is 5.10 Å². The first kappa shape index (κ1) is 29.4. The molecule has 0 radical (unpaired) electrons. The van der Waals surface area contributed by atoms with E-state index in [1.165, 1.54) is 0 Å². The number of hydrogen-bond donors (Lipinski definition) is 0. The van der Waals surface area contributed by atoms with E-state index >= 15 is 0 Å². The molecule has 10 heteroatoms. The van der Waals surface area contributed by atoms with E-state index in [2.05, 4.69) is 16.4 Å². The van der Waals surface area contributed by atoms with Crippen molar-refractivity contribution in [3.63, 3.8) is 0 Å². The predicted octanol–water partition coefficient (Wildman–Crippen LogP) is 5.70. The molecule has 0 spiro atoms. The second-order valence-electron chi connectivity index (χ2n) is 10.6. The number of carbonyl (C=O) groups is 2. The van der Waals surface area contributed by atoms with Crippen LogP contribution in [0.3, 0.4) is 0 Å². The number of nitrogens with zero attached hydrogens (tertiary/aromatic N) is 4. The average molecular weight is 591 g/mol. The summed E-state index contributed by atoms with van der Waals surface area (Å²) >= 11 is 6.51. The van der Waals surface area contributed by atoms with Crippen LogP contribution < -0.4 is 9.47 Å². The van der Waals surface area contributed by atoms with Crippen molar-refractivity contribution in [2.24, 2.45) is 7.05 Å². The van der Waals surface area contributed by atoms with Crippen LogP contribution in [-0.2, 0) is 29.5 Å². The first-order valence-electron chi connectivity index (χ1n) is 14.1. The molecule has 0 fully saturated rings. The van der Waals surface area contributed by atoms with E-state index in [0.717, 1.165) is 27.8 Å². The maximum absolute atomic E-state index is 13.5. The molecule has 1 aliphatic rings. The van der Waals surface area contributed by atoms with Crippen molar-refractivity contribution < 1.29 is 23.8 Å². The Morgan fingerprint density at radius 1 is 1.12 bits per heavy atom. The molecule has 1 atom stereocenters. The van der Waals surface area contributed by atoms with E-state index in [4.69, 9.17) is 25.8 Å². The van der Waals surface area contributed by atoms with Gasteiger partial charge in [0.1, 0.15) is 22.5 Å². The predicted molar refractivity (Wildman–Crippen MR) is 160 cm³/mol. The number of ether oxygens (including phenoxy) is 3. The van der Waals surface area contributed by atoms with E-state index < -0.39 is 0 Å². The van der Waals surface area contributed by atoms with Crippen molar-refractivity contribution >= 4 is 34.5 Å². The fraction of sp³-hybridized carbons (Fsp3) is 0.375. The highest BCUT2D eigenvalue weighted by atomic mass is 35.5. The standard InChI is InChI=1S/C32H35ClN4O5/c1-6-41-30(38)17-26(21-14-28-31(29(15-21)40-5)36(4)35-34-28)24-9-7-8-20-18-37(13-12-23(20)24)32(39)25-11-10-22(16-27(25)33)42-19(2)3/h7-11,14-16,19,26H,6,12-13,17-18H2,1-5H3/t26-/m1/s1. The van der Waals surface area contributed by atoms with E-state index in [1.807, 2.05) is 50.1 Å². The lowest BCUT2D eigenvalue weighted by Crippen LogP contribution is -2.36. The maximum Gasteiger partial charge on any atom is 0.306 e. The Morgan fingerprint density at radius 2 is 1.93 bits per heavy atom. The summed E-state index contributed by atoms with van der Waals surface area (Å²) in [5, 5.41) is 8.82. The van der Waals surface area contributed by atoms with Gasteiger partial charge in [-0.25, -0.2) is 4.68 Å². The summed E-state index contributed by atoms with van der Waals surface area (Å²) in [5.41, 5.74) is 5.97. The van der Waals surface area contributed by atoms with Crippen molar-refractivity contribution in [3.05, 3.63) is 81.4 Å². The van der Waals surface area contributed by atoms with Gasteiger partial charge in [0.05, 0.1) is 36.8 Å². The average Bonchev–Trinajstić information content (AvgIpc) is 3.35. The van der Waals surface area contributed by atoms with Gasteiger partial charge in [-0.2, -0.15) is 0 Å². The summed E-state index contributed by atoms with van der Waals surface area (Å²) in [6.45, 7) is 6.93. The topological polar surface area (TPSA) is 95.8 Å². The molecular formula is C32H35ClN4O5. The SMILES string of the molecule is CCOC(=O)C[C@H](c1cc(OC)c2c(c1)nnn2C)c1cccc2c1CCN(C(=O)c1ccc(OC(C)C)cc1Cl)C2. The third kappa shape index (κ3) is 5.92. The molecule has 0 bridgehead atoms. The molecule has 0 saturated heterocycles. The van der Waals surface area contributed by atoms with Gasteiger partial charge in [-0.1, -0.05) is 35.0 Å².